The highest BCUT2D eigenvalue weighted by atomic mass is 19.3. The van der Waals surface area contributed by atoms with Crippen molar-refractivity contribution in [2.75, 3.05) is 13.1 Å². The molecule has 0 radical (unpaired) electrons. The summed E-state index contributed by atoms with van der Waals surface area (Å²) in [6.07, 6.45) is 0.864. The third kappa shape index (κ3) is 1.36. The van der Waals surface area contributed by atoms with Gasteiger partial charge in [0.2, 0.25) is 0 Å². The molecule has 2 aliphatic rings. The van der Waals surface area contributed by atoms with Gasteiger partial charge in [-0.25, -0.2) is 13.6 Å². The highest BCUT2D eigenvalue weighted by molar-refractivity contribution is 5.76. The number of rotatable bonds is 1. The van der Waals surface area contributed by atoms with Crippen LogP contribution in [0.25, 0.3) is 0 Å². The van der Waals surface area contributed by atoms with Gasteiger partial charge in [0.1, 0.15) is 0 Å². The fourth-order valence-electron chi connectivity index (χ4n) is 2.08. The number of halogens is 2. The maximum atomic E-state index is 13.2. The SMILES string of the molecule is O=C1NCCN1C1CCCC1(F)F. The zero-order valence-corrected chi connectivity index (χ0v) is 7.22. The number of carbonyl (C=O) groups is 1. The minimum atomic E-state index is -2.68. The molecule has 3 nitrogen and oxygen atoms in total. The van der Waals surface area contributed by atoms with Gasteiger partial charge in [0, 0.05) is 19.5 Å². The lowest BCUT2D eigenvalue weighted by atomic mass is 10.2. The normalized spacial score (nSPS) is 32.3. The Kier molecular flexibility index (Phi) is 1.89. The van der Waals surface area contributed by atoms with Crippen molar-refractivity contribution in [2.45, 2.75) is 31.2 Å². The van der Waals surface area contributed by atoms with Gasteiger partial charge >= 0.3 is 6.03 Å². The fraction of sp³-hybridized carbons (Fsp3) is 0.875. The van der Waals surface area contributed by atoms with Gasteiger partial charge in [0.15, 0.2) is 0 Å². The predicted octanol–water partition coefficient (Wildman–Crippen LogP) is 1.20. The Hall–Kier alpha value is -0.870. The molecule has 74 valence electrons. The van der Waals surface area contributed by atoms with E-state index in [1.807, 2.05) is 0 Å². The summed E-state index contributed by atoms with van der Waals surface area (Å²) >= 11 is 0. The van der Waals surface area contributed by atoms with Crippen LogP contribution in [-0.4, -0.2) is 36.0 Å². The minimum Gasteiger partial charge on any atom is -0.336 e. The molecule has 1 N–H and O–H groups in total. The molecule has 1 aliphatic heterocycles. The van der Waals surface area contributed by atoms with E-state index in [1.165, 1.54) is 4.90 Å². The van der Waals surface area contributed by atoms with Crippen molar-refractivity contribution in [3.8, 4) is 0 Å². The summed E-state index contributed by atoms with van der Waals surface area (Å²) in [5.41, 5.74) is 0. The number of hydrogen-bond acceptors (Lipinski definition) is 1. The first kappa shape index (κ1) is 8.72. The van der Waals surface area contributed by atoms with Crippen molar-refractivity contribution in [3.63, 3.8) is 0 Å². The van der Waals surface area contributed by atoms with Crippen LogP contribution in [0.15, 0.2) is 0 Å². The van der Waals surface area contributed by atoms with Gasteiger partial charge < -0.3 is 10.2 Å². The number of amides is 2. The zero-order chi connectivity index (χ0) is 9.47. The molecular weight excluding hydrogens is 178 g/mol. The van der Waals surface area contributed by atoms with Crippen molar-refractivity contribution < 1.29 is 13.6 Å². The molecule has 1 atom stereocenters. The van der Waals surface area contributed by atoms with Gasteiger partial charge in [-0.15, -0.1) is 0 Å². The van der Waals surface area contributed by atoms with Gasteiger partial charge in [0.05, 0.1) is 6.04 Å². The largest absolute Gasteiger partial charge is 0.336 e. The smallest absolute Gasteiger partial charge is 0.317 e. The Labute approximate surface area is 75.1 Å². The maximum absolute atomic E-state index is 13.2. The molecular formula is C8H12F2N2O. The summed E-state index contributed by atoms with van der Waals surface area (Å²) in [4.78, 5) is 12.4. The van der Waals surface area contributed by atoms with Gasteiger partial charge in [0.25, 0.3) is 5.92 Å². The molecule has 2 rings (SSSR count). The van der Waals surface area contributed by atoms with Crippen LogP contribution in [-0.2, 0) is 0 Å². The lowest BCUT2D eigenvalue weighted by Crippen LogP contribution is -2.45. The van der Waals surface area contributed by atoms with E-state index >= 15 is 0 Å². The van der Waals surface area contributed by atoms with Crippen molar-refractivity contribution in [1.82, 2.24) is 10.2 Å². The first-order valence-corrected chi connectivity index (χ1v) is 4.53. The molecule has 2 fully saturated rings. The minimum absolute atomic E-state index is 0.0819. The third-order valence-electron chi connectivity index (χ3n) is 2.74. The molecule has 1 unspecified atom stereocenters. The second kappa shape index (κ2) is 2.82. The Bertz CT molecular complexity index is 232. The fourth-order valence-corrected chi connectivity index (χ4v) is 2.08. The molecule has 0 aromatic carbocycles. The van der Waals surface area contributed by atoms with E-state index in [2.05, 4.69) is 5.32 Å². The van der Waals surface area contributed by atoms with Crippen molar-refractivity contribution in [3.05, 3.63) is 0 Å². The molecule has 1 saturated heterocycles. The molecule has 0 aromatic rings. The predicted molar refractivity (Wildman–Crippen MR) is 42.7 cm³/mol. The van der Waals surface area contributed by atoms with Crippen molar-refractivity contribution in [2.24, 2.45) is 0 Å². The van der Waals surface area contributed by atoms with Gasteiger partial charge in [-0.1, -0.05) is 0 Å². The van der Waals surface area contributed by atoms with Gasteiger partial charge in [-0.2, -0.15) is 0 Å². The molecule has 1 saturated carbocycles. The molecule has 2 amide bonds. The van der Waals surface area contributed by atoms with E-state index in [0.717, 1.165) is 0 Å². The molecule has 0 spiro atoms. The van der Waals surface area contributed by atoms with E-state index in [0.29, 0.717) is 25.9 Å². The van der Waals surface area contributed by atoms with E-state index in [9.17, 15) is 13.6 Å². The molecule has 0 bridgehead atoms. The summed E-state index contributed by atoms with van der Waals surface area (Å²) in [5, 5.41) is 2.54. The average molecular weight is 190 g/mol. The first-order valence-electron chi connectivity index (χ1n) is 4.53. The standard InChI is InChI=1S/C8H12F2N2O/c9-8(10)3-1-2-6(8)12-5-4-11-7(12)13/h6H,1-5H2,(H,11,13). The van der Waals surface area contributed by atoms with E-state index < -0.39 is 12.0 Å². The van der Waals surface area contributed by atoms with Crippen molar-refractivity contribution >= 4 is 6.03 Å². The second-order valence-electron chi connectivity index (χ2n) is 3.59. The summed E-state index contributed by atoms with van der Waals surface area (Å²) < 4.78 is 26.4. The van der Waals surface area contributed by atoms with E-state index in [1.54, 1.807) is 0 Å². The lowest BCUT2D eigenvalue weighted by molar-refractivity contribution is -0.0452. The first-order chi connectivity index (χ1) is 6.11. The summed E-state index contributed by atoms with van der Waals surface area (Å²) in [7, 11) is 0. The number of urea groups is 1. The number of alkyl halides is 2. The van der Waals surface area contributed by atoms with Crippen molar-refractivity contribution in [1.29, 1.82) is 0 Å². The van der Waals surface area contributed by atoms with Crippen LogP contribution < -0.4 is 5.32 Å². The lowest BCUT2D eigenvalue weighted by Gasteiger charge is -2.27. The number of nitrogens with one attached hydrogen (secondary N) is 1. The molecule has 1 aliphatic carbocycles. The Balaban J connectivity index is 2.11. The molecule has 5 heteroatoms. The Morgan fingerprint density at radius 2 is 2.31 bits per heavy atom. The summed E-state index contributed by atoms with van der Waals surface area (Å²) in [6, 6.07) is -1.21. The second-order valence-corrected chi connectivity index (χ2v) is 3.59. The van der Waals surface area contributed by atoms with E-state index in [4.69, 9.17) is 0 Å². The van der Waals surface area contributed by atoms with Gasteiger partial charge in [-0.3, -0.25) is 0 Å². The third-order valence-corrected chi connectivity index (χ3v) is 2.74. The molecule has 13 heavy (non-hydrogen) atoms. The zero-order valence-electron chi connectivity index (χ0n) is 7.22. The number of carbonyl (C=O) groups excluding carboxylic acids is 1. The van der Waals surface area contributed by atoms with Crippen LogP contribution >= 0.6 is 0 Å². The van der Waals surface area contributed by atoms with Crippen LogP contribution in [0.4, 0.5) is 13.6 Å². The summed E-state index contributed by atoms with van der Waals surface area (Å²) in [5.74, 6) is -2.68. The number of hydrogen-bond donors (Lipinski definition) is 1. The molecule has 1 heterocycles. The van der Waals surface area contributed by atoms with Crippen LogP contribution in [0, 0.1) is 0 Å². The van der Waals surface area contributed by atoms with Crippen LogP contribution in [0.1, 0.15) is 19.3 Å². The highest BCUT2D eigenvalue weighted by Gasteiger charge is 2.49. The highest BCUT2D eigenvalue weighted by Crippen LogP contribution is 2.38. The number of nitrogens with zero attached hydrogens (tertiary/aromatic N) is 1. The van der Waals surface area contributed by atoms with Crippen LogP contribution in [0.3, 0.4) is 0 Å². The Morgan fingerprint density at radius 1 is 1.54 bits per heavy atom. The van der Waals surface area contributed by atoms with E-state index in [-0.39, 0.29) is 12.5 Å². The quantitative estimate of drug-likeness (QED) is 0.662. The van der Waals surface area contributed by atoms with Gasteiger partial charge in [-0.05, 0) is 12.8 Å². The topological polar surface area (TPSA) is 32.3 Å². The average Bonchev–Trinajstić information content (AvgIpc) is 2.56. The monoisotopic (exact) mass is 190 g/mol. The van der Waals surface area contributed by atoms with Crippen LogP contribution in [0.2, 0.25) is 0 Å². The molecule has 0 aromatic heterocycles. The Morgan fingerprint density at radius 3 is 2.77 bits per heavy atom. The maximum Gasteiger partial charge on any atom is 0.317 e. The summed E-state index contributed by atoms with van der Waals surface area (Å²) in [6.45, 7) is 0.907. The van der Waals surface area contributed by atoms with Crippen LogP contribution in [0.5, 0.6) is 0 Å².